The van der Waals surface area contributed by atoms with Crippen LogP contribution >= 0.6 is 0 Å². The Morgan fingerprint density at radius 3 is 2.71 bits per heavy atom. The fourth-order valence-corrected chi connectivity index (χ4v) is 3.31. The first-order chi connectivity index (χ1) is 11.5. The Labute approximate surface area is 143 Å². The van der Waals surface area contributed by atoms with Gasteiger partial charge in [-0.2, -0.15) is 0 Å². The number of carbonyl (C=O) groups excluding carboxylic acids is 1. The van der Waals surface area contributed by atoms with Gasteiger partial charge in [-0.3, -0.25) is 0 Å². The van der Waals surface area contributed by atoms with Gasteiger partial charge in [0.1, 0.15) is 5.82 Å². The molecule has 2 atom stereocenters. The first-order valence-corrected chi connectivity index (χ1v) is 9.00. The van der Waals surface area contributed by atoms with Crippen LogP contribution in [0.5, 0.6) is 0 Å². The zero-order valence-corrected chi connectivity index (χ0v) is 14.6. The van der Waals surface area contributed by atoms with Gasteiger partial charge in [0, 0.05) is 13.1 Å². The fraction of sp³-hybridized carbons (Fsp3) is 0.632. The SMILES string of the molecule is Cc1cc([C@@H](C)NC(=O)N2CCCC(OC3CCC3)C2)ccc1F. The van der Waals surface area contributed by atoms with Crippen molar-refractivity contribution >= 4 is 6.03 Å². The van der Waals surface area contributed by atoms with Crippen LogP contribution in [0.15, 0.2) is 18.2 Å². The van der Waals surface area contributed by atoms with Crippen LogP contribution in [-0.4, -0.2) is 36.2 Å². The van der Waals surface area contributed by atoms with Crippen LogP contribution in [0.3, 0.4) is 0 Å². The molecule has 0 bridgehead atoms. The molecule has 24 heavy (non-hydrogen) atoms. The number of ether oxygens (including phenoxy) is 1. The van der Waals surface area contributed by atoms with Crippen LogP contribution in [0.4, 0.5) is 9.18 Å². The highest BCUT2D eigenvalue weighted by atomic mass is 19.1. The third kappa shape index (κ3) is 4.07. The molecule has 1 unspecified atom stereocenters. The minimum atomic E-state index is -0.218. The van der Waals surface area contributed by atoms with Crippen molar-refractivity contribution in [3.63, 3.8) is 0 Å². The highest BCUT2D eigenvalue weighted by Crippen LogP contribution is 2.26. The summed E-state index contributed by atoms with van der Waals surface area (Å²) >= 11 is 0. The molecule has 1 saturated heterocycles. The van der Waals surface area contributed by atoms with Crippen molar-refractivity contribution in [3.8, 4) is 0 Å². The lowest BCUT2D eigenvalue weighted by atomic mass is 9.95. The Morgan fingerprint density at radius 2 is 2.04 bits per heavy atom. The number of piperidine rings is 1. The van der Waals surface area contributed by atoms with Crippen LogP contribution in [0.1, 0.15) is 56.2 Å². The molecule has 1 aliphatic heterocycles. The number of hydrogen-bond acceptors (Lipinski definition) is 2. The van der Waals surface area contributed by atoms with Gasteiger partial charge in [-0.15, -0.1) is 0 Å². The van der Waals surface area contributed by atoms with Crippen LogP contribution < -0.4 is 5.32 Å². The van der Waals surface area contributed by atoms with E-state index >= 15 is 0 Å². The number of benzene rings is 1. The van der Waals surface area contributed by atoms with Crippen molar-refractivity contribution in [2.45, 2.75) is 64.2 Å². The number of halogens is 1. The third-order valence-corrected chi connectivity index (χ3v) is 5.12. The van der Waals surface area contributed by atoms with E-state index in [1.165, 1.54) is 12.5 Å². The van der Waals surface area contributed by atoms with E-state index < -0.39 is 0 Å². The molecule has 1 aliphatic carbocycles. The molecule has 1 heterocycles. The minimum Gasteiger partial charge on any atom is -0.373 e. The molecule has 4 nitrogen and oxygen atoms in total. The van der Waals surface area contributed by atoms with Crippen LogP contribution in [0.25, 0.3) is 0 Å². The highest BCUT2D eigenvalue weighted by molar-refractivity contribution is 5.74. The maximum absolute atomic E-state index is 13.4. The van der Waals surface area contributed by atoms with Gasteiger partial charge in [0.2, 0.25) is 0 Å². The summed E-state index contributed by atoms with van der Waals surface area (Å²) < 4.78 is 19.4. The molecule has 132 valence electrons. The van der Waals surface area contributed by atoms with E-state index in [-0.39, 0.29) is 24.0 Å². The van der Waals surface area contributed by atoms with Gasteiger partial charge in [-0.05, 0) is 63.1 Å². The normalized spacial score (nSPS) is 22.8. The molecule has 0 spiro atoms. The summed E-state index contributed by atoms with van der Waals surface area (Å²) in [4.78, 5) is 14.4. The molecule has 2 fully saturated rings. The lowest BCUT2D eigenvalue weighted by molar-refractivity contribution is -0.0721. The van der Waals surface area contributed by atoms with Gasteiger partial charge >= 0.3 is 6.03 Å². The zero-order valence-electron chi connectivity index (χ0n) is 14.6. The minimum absolute atomic E-state index is 0.0635. The van der Waals surface area contributed by atoms with Gasteiger partial charge in [-0.1, -0.05) is 12.1 Å². The maximum atomic E-state index is 13.4. The van der Waals surface area contributed by atoms with Crippen molar-refractivity contribution in [3.05, 3.63) is 35.1 Å². The monoisotopic (exact) mass is 334 g/mol. The second-order valence-corrected chi connectivity index (χ2v) is 7.08. The maximum Gasteiger partial charge on any atom is 0.317 e. The van der Waals surface area contributed by atoms with Gasteiger partial charge in [0.15, 0.2) is 0 Å². The second-order valence-electron chi connectivity index (χ2n) is 7.08. The Balaban J connectivity index is 1.53. The van der Waals surface area contributed by atoms with E-state index in [0.29, 0.717) is 18.2 Å². The van der Waals surface area contributed by atoms with Gasteiger partial charge in [0.25, 0.3) is 0 Å². The van der Waals surface area contributed by atoms with E-state index in [1.807, 2.05) is 11.8 Å². The number of nitrogens with zero attached hydrogens (tertiary/aromatic N) is 1. The first-order valence-electron chi connectivity index (χ1n) is 9.00. The van der Waals surface area contributed by atoms with Crippen LogP contribution in [0.2, 0.25) is 0 Å². The van der Waals surface area contributed by atoms with Crippen molar-refractivity contribution in [1.82, 2.24) is 10.2 Å². The third-order valence-electron chi connectivity index (χ3n) is 5.12. The van der Waals surface area contributed by atoms with Crippen molar-refractivity contribution in [2.24, 2.45) is 0 Å². The number of rotatable bonds is 4. The Morgan fingerprint density at radius 1 is 1.29 bits per heavy atom. The van der Waals surface area contributed by atoms with Gasteiger partial charge in [0.05, 0.1) is 18.2 Å². The lowest BCUT2D eigenvalue weighted by Crippen LogP contribution is -2.49. The van der Waals surface area contributed by atoms with Gasteiger partial charge in [-0.25, -0.2) is 9.18 Å². The lowest BCUT2D eigenvalue weighted by Gasteiger charge is -2.37. The fourth-order valence-electron chi connectivity index (χ4n) is 3.31. The van der Waals surface area contributed by atoms with Gasteiger partial charge < -0.3 is 15.0 Å². The van der Waals surface area contributed by atoms with E-state index in [9.17, 15) is 9.18 Å². The molecular formula is C19H27FN2O2. The summed E-state index contributed by atoms with van der Waals surface area (Å²) in [6.45, 7) is 5.10. The quantitative estimate of drug-likeness (QED) is 0.906. The summed E-state index contributed by atoms with van der Waals surface area (Å²) in [5.41, 5.74) is 1.52. The van der Waals surface area contributed by atoms with E-state index in [0.717, 1.165) is 37.8 Å². The number of aryl methyl sites for hydroxylation is 1. The predicted octanol–water partition coefficient (Wildman–Crippen LogP) is 3.94. The molecule has 2 aliphatic rings. The smallest absolute Gasteiger partial charge is 0.317 e. The zero-order chi connectivity index (χ0) is 17.1. The molecule has 1 N–H and O–H groups in total. The summed E-state index contributed by atoms with van der Waals surface area (Å²) in [5, 5.41) is 3.02. The largest absolute Gasteiger partial charge is 0.373 e. The van der Waals surface area contributed by atoms with Crippen LogP contribution in [0, 0.1) is 12.7 Å². The summed E-state index contributed by atoms with van der Waals surface area (Å²) in [7, 11) is 0. The molecule has 0 radical (unpaired) electrons. The van der Waals surface area contributed by atoms with E-state index in [4.69, 9.17) is 4.74 Å². The number of likely N-dealkylation sites (tertiary alicyclic amines) is 1. The Kier molecular flexibility index (Phi) is 5.39. The average molecular weight is 334 g/mol. The Hall–Kier alpha value is -1.62. The molecule has 1 aromatic rings. The second kappa shape index (κ2) is 7.51. The standard InChI is InChI=1S/C19H27FN2O2/c1-13-11-15(8-9-18(13)20)14(2)21-19(23)22-10-4-7-17(12-22)24-16-5-3-6-16/h8-9,11,14,16-17H,3-7,10,12H2,1-2H3,(H,21,23)/t14-,17?/m1/s1. The number of hydrogen-bond donors (Lipinski definition) is 1. The number of carbonyl (C=O) groups is 1. The summed E-state index contributed by atoms with van der Waals surface area (Å²) in [6.07, 6.45) is 6.16. The molecule has 3 rings (SSSR count). The summed E-state index contributed by atoms with van der Waals surface area (Å²) in [5.74, 6) is -0.218. The molecular weight excluding hydrogens is 307 g/mol. The molecule has 5 heteroatoms. The van der Waals surface area contributed by atoms with Crippen molar-refractivity contribution in [1.29, 1.82) is 0 Å². The highest BCUT2D eigenvalue weighted by Gasteiger charge is 2.29. The molecule has 0 aromatic heterocycles. The van der Waals surface area contributed by atoms with Crippen molar-refractivity contribution in [2.75, 3.05) is 13.1 Å². The molecule has 1 aromatic carbocycles. The summed E-state index contributed by atoms with van der Waals surface area (Å²) in [6, 6.07) is 4.76. The van der Waals surface area contributed by atoms with Crippen molar-refractivity contribution < 1.29 is 13.9 Å². The number of amides is 2. The van der Waals surface area contributed by atoms with E-state index in [1.54, 1.807) is 19.1 Å². The Bertz CT molecular complexity index is 589. The number of nitrogens with one attached hydrogen (secondary N) is 1. The predicted molar refractivity (Wildman–Crippen MR) is 91.4 cm³/mol. The topological polar surface area (TPSA) is 41.6 Å². The van der Waals surface area contributed by atoms with Crippen LogP contribution in [-0.2, 0) is 4.74 Å². The molecule has 1 saturated carbocycles. The molecule has 2 amide bonds. The first kappa shape index (κ1) is 17.2. The average Bonchev–Trinajstić information content (AvgIpc) is 2.53. The number of urea groups is 1. The van der Waals surface area contributed by atoms with E-state index in [2.05, 4.69) is 5.32 Å².